The van der Waals surface area contributed by atoms with Crippen molar-refractivity contribution in [1.82, 2.24) is 34.6 Å². The molecule has 1 aliphatic carbocycles. The number of nitrogens with zero attached hydrogens (tertiary/aromatic N) is 8. The fourth-order valence-corrected chi connectivity index (χ4v) is 11.2. The summed E-state index contributed by atoms with van der Waals surface area (Å²) in [6.07, 6.45) is 10.1. The number of Topliss-reactive ketones (excluding diaryl/α,β-unsaturated/α-hetero) is 1. The van der Waals surface area contributed by atoms with Gasteiger partial charge in [0.25, 0.3) is 5.56 Å². The summed E-state index contributed by atoms with van der Waals surface area (Å²) in [6, 6.07) is 17.9. The average Bonchev–Trinajstić information content (AvgIpc) is 3.82. The lowest BCUT2D eigenvalue weighted by Gasteiger charge is -2.61. The normalized spacial score (nSPS) is 20.5. The molecule has 2 aromatic carbocycles. The molecule has 3 aromatic heterocycles. The Kier molecular flexibility index (Phi) is 11.7. The van der Waals surface area contributed by atoms with Gasteiger partial charge in [-0.1, -0.05) is 43.2 Å². The first-order chi connectivity index (χ1) is 32.3. The molecule has 0 bridgehead atoms. The second-order valence-electron chi connectivity index (χ2n) is 19.7. The molecule has 3 N–H and O–H groups in total. The Morgan fingerprint density at radius 1 is 0.925 bits per heavy atom. The highest BCUT2D eigenvalue weighted by Crippen LogP contribution is 2.44. The predicted octanol–water partition coefficient (Wildman–Crippen LogP) is 5.42. The largest absolute Gasteiger partial charge is 0.385 e. The Morgan fingerprint density at radius 3 is 2.28 bits per heavy atom. The molecule has 5 fully saturated rings. The minimum Gasteiger partial charge on any atom is -0.385 e. The molecular weight excluding hydrogens is 849 g/mol. The fourth-order valence-electron chi connectivity index (χ4n) is 11.2. The number of imide groups is 1. The average molecular weight is 907 g/mol. The highest BCUT2D eigenvalue weighted by molar-refractivity contribution is 6.00. The van der Waals surface area contributed by atoms with E-state index in [0.29, 0.717) is 59.7 Å². The molecule has 1 saturated carbocycles. The molecule has 0 radical (unpaired) electrons. The molecule has 1 unspecified atom stereocenters. The van der Waals surface area contributed by atoms with Gasteiger partial charge in [-0.15, -0.1) is 0 Å². The minimum absolute atomic E-state index is 0.0101. The molecular formula is C51H58N10O6. The van der Waals surface area contributed by atoms with Gasteiger partial charge in [0.05, 0.1) is 29.1 Å². The Labute approximate surface area is 389 Å². The summed E-state index contributed by atoms with van der Waals surface area (Å²) >= 11 is 0. The highest BCUT2D eigenvalue weighted by atomic mass is 16.3. The molecule has 4 aliphatic heterocycles. The molecule has 67 heavy (non-hydrogen) atoms. The fraction of sp³-hybridized carbons (Fsp3) is 0.451. The van der Waals surface area contributed by atoms with Crippen molar-refractivity contribution >= 4 is 58.1 Å². The number of hydrogen-bond acceptors (Lipinski definition) is 14. The Bertz CT molecular complexity index is 2800. The van der Waals surface area contributed by atoms with E-state index in [1.807, 2.05) is 36.3 Å². The van der Waals surface area contributed by atoms with Crippen LogP contribution in [0.5, 0.6) is 0 Å². The van der Waals surface area contributed by atoms with E-state index >= 15 is 0 Å². The number of benzene rings is 2. The lowest BCUT2D eigenvalue weighted by Crippen LogP contribution is -2.72. The van der Waals surface area contributed by atoms with Gasteiger partial charge in [-0.25, -0.2) is 9.97 Å². The number of amides is 2. The second-order valence-corrected chi connectivity index (χ2v) is 19.7. The van der Waals surface area contributed by atoms with Crippen LogP contribution >= 0.6 is 0 Å². The van der Waals surface area contributed by atoms with Crippen molar-refractivity contribution in [3.8, 4) is 0 Å². The van der Waals surface area contributed by atoms with Gasteiger partial charge in [-0.2, -0.15) is 4.98 Å². The Balaban J connectivity index is 0.699. The highest BCUT2D eigenvalue weighted by Gasteiger charge is 2.52. The van der Waals surface area contributed by atoms with Gasteiger partial charge in [0, 0.05) is 93.1 Å². The third kappa shape index (κ3) is 8.62. The van der Waals surface area contributed by atoms with E-state index in [4.69, 9.17) is 4.98 Å². The number of hydrogen-bond donors (Lipinski definition) is 3. The number of nitrogens with one attached hydrogen (secondary N) is 2. The molecule has 348 valence electrons. The zero-order valence-corrected chi connectivity index (χ0v) is 38.5. The number of aliphatic hydroxyl groups is 1. The molecule has 16 nitrogen and oxygen atoms in total. The van der Waals surface area contributed by atoms with E-state index in [9.17, 15) is 29.1 Å². The number of ketones is 1. The Morgan fingerprint density at radius 2 is 1.63 bits per heavy atom. The number of carbonyl (C=O) groups excluding carboxylic acids is 4. The van der Waals surface area contributed by atoms with Gasteiger partial charge in [0.2, 0.25) is 17.8 Å². The monoisotopic (exact) mass is 906 g/mol. The first kappa shape index (κ1) is 44.5. The lowest BCUT2D eigenvalue weighted by molar-refractivity contribution is -0.137. The van der Waals surface area contributed by atoms with E-state index in [2.05, 4.69) is 65.6 Å². The van der Waals surface area contributed by atoms with E-state index in [1.165, 1.54) is 18.2 Å². The smallest absolute Gasteiger partial charge is 0.263 e. The molecule has 16 heteroatoms. The van der Waals surface area contributed by atoms with Crippen molar-refractivity contribution in [3.05, 3.63) is 111 Å². The van der Waals surface area contributed by atoms with Crippen LogP contribution in [0.3, 0.4) is 0 Å². The number of pyridine rings is 2. The van der Waals surface area contributed by atoms with Crippen LogP contribution in [-0.2, 0) is 28.3 Å². The maximum Gasteiger partial charge on any atom is 0.263 e. The van der Waals surface area contributed by atoms with Crippen LogP contribution in [0.1, 0.15) is 107 Å². The van der Waals surface area contributed by atoms with E-state index in [0.717, 1.165) is 94.6 Å². The standard InChI is InChI=1S/C51H58N10O6/c1-32-41-24-53-49(56-46(41)61(39-6-4-5-7-39)48(66)45(32)33(2)63)54-43-16-14-40(23-52-43)60-30-50(31-60)28-59(29-50)38-12-8-34(9-13-38)25-58-20-18-51(67,19-21-58)37-11-10-35(27-62)36(22-37)26-57(3)42-15-17-44(64)55-47(42)65/h8-14,16,22-24,27,39,42,67H,4-7,15,17-21,25-26,28-31H2,1-3H3,(H,55,64,65)(H,52,53,54,56). The maximum atomic E-state index is 13.6. The third-order valence-electron chi connectivity index (χ3n) is 15.1. The molecule has 5 aromatic rings. The second kappa shape index (κ2) is 17.7. The van der Waals surface area contributed by atoms with Gasteiger partial charge in [-0.05, 0) is 99.5 Å². The molecule has 1 atom stereocenters. The number of fused-ring (bicyclic) bond motifs is 1. The first-order valence-corrected chi connectivity index (χ1v) is 23.6. The Hall–Kier alpha value is -6.36. The summed E-state index contributed by atoms with van der Waals surface area (Å²) in [7, 11) is 1.82. The van der Waals surface area contributed by atoms with E-state index in [1.54, 1.807) is 23.8 Å². The van der Waals surface area contributed by atoms with Crippen molar-refractivity contribution in [2.45, 2.75) is 96.0 Å². The molecule has 7 heterocycles. The summed E-state index contributed by atoms with van der Waals surface area (Å²) in [5.41, 5.74) is 5.92. The van der Waals surface area contributed by atoms with E-state index in [-0.39, 0.29) is 46.6 Å². The number of aryl methyl sites for hydroxylation is 1. The maximum absolute atomic E-state index is 13.6. The summed E-state index contributed by atoms with van der Waals surface area (Å²) in [6.45, 7) is 9.77. The summed E-state index contributed by atoms with van der Waals surface area (Å²) in [5.74, 6) is 0.135. The molecule has 5 aliphatic rings. The topological polar surface area (TPSA) is 186 Å². The zero-order chi connectivity index (χ0) is 46.6. The number of likely N-dealkylation sites (tertiary alicyclic amines) is 1. The molecule has 10 rings (SSSR count). The number of aromatic nitrogens is 4. The van der Waals surface area contributed by atoms with Crippen molar-refractivity contribution < 1.29 is 24.3 Å². The number of carbonyl (C=O) groups is 4. The van der Waals surface area contributed by atoms with Crippen molar-refractivity contribution in [1.29, 1.82) is 0 Å². The molecule has 4 saturated heterocycles. The van der Waals surface area contributed by atoms with Gasteiger partial charge in [0.1, 0.15) is 17.8 Å². The van der Waals surface area contributed by atoms with Crippen molar-refractivity contribution in [2.75, 3.05) is 61.4 Å². The van der Waals surface area contributed by atoms with Crippen LogP contribution in [0.2, 0.25) is 0 Å². The minimum atomic E-state index is -1.02. The van der Waals surface area contributed by atoms with Gasteiger partial charge < -0.3 is 20.2 Å². The summed E-state index contributed by atoms with van der Waals surface area (Å²) in [5, 5.41) is 18.2. The first-order valence-electron chi connectivity index (χ1n) is 23.6. The van der Waals surface area contributed by atoms with Crippen LogP contribution < -0.4 is 26.0 Å². The van der Waals surface area contributed by atoms with Crippen molar-refractivity contribution in [3.63, 3.8) is 0 Å². The zero-order valence-electron chi connectivity index (χ0n) is 38.5. The number of anilines is 4. The number of piperidine rings is 2. The summed E-state index contributed by atoms with van der Waals surface area (Å²) < 4.78 is 1.72. The number of aldehydes is 1. The predicted molar refractivity (Wildman–Crippen MR) is 255 cm³/mol. The van der Waals surface area contributed by atoms with Crippen LogP contribution in [0.15, 0.2) is 71.8 Å². The van der Waals surface area contributed by atoms with E-state index < -0.39 is 11.6 Å². The number of rotatable bonds is 13. The van der Waals surface area contributed by atoms with Crippen LogP contribution in [-0.4, -0.2) is 111 Å². The lowest BCUT2D eigenvalue weighted by atomic mass is 9.72. The van der Waals surface area contributed by atoms with Crippen LogP contribution in [0, 0.1) is 12.3 Å². The SMILES string of the molecule is CC(=O)c1c(C)c2cnc(Nc3ccc(N4CC5(CN(c6ccc(CN7CCC(O)(c8ccc(C=O)c(CN(C)C9CCC(=O)NC9=O)c8)CC7)cc6)C5)C4)cn3)nc2n(C2CCCC2)c1=O. The van der Waals surface area contributed by atoms with Crippen LogP contribution in [0.4, 0.5) is 23.1 Å². The van der Waals surface area contributed by atoms with Gasteiger partial charge in [0.15, 0.2) is 5.78 Å². The van der Waals surface area contributed by atoms with Crippen molar-refractivity contribution in [2.24, 2.45) is 5.41 Å². The van der Waals surface area contributed by atoms with Gasteiger partial charge in [-0.3, -0.25) is 43.7 Å². The quantitative estimate of drug-likeness (QED) is 0.0773. The number of likely N-dealkylation sites (N-methyl/N-ethyl adjacent to an activating group) is 1. The molecule has 2 amide bonds. The van der Waals surface area contributed by atoms with Crippen LogP contribution in [0.25, 0.3) is 11.0 Å². The summed E-state index contributed by atoms with van der Waals surface area (Å²) in [4.78, 5) is 85.3. The molecule has 1 spiro atoms. The third-order valence-corrected chi connectivity index (χ3v) is 15.1. The van der Waals surface area contributed by atoms with Gasteiger partial charge >= 0.3 is 0 Å².